The first kappa shape index (κ1) is 38.2. The minimum absolute atomic E-state index is 0.0528. The van der Waals surface area contributed by atoms with Gasteiger partial charge in [-0.1, -0.05) is 12.1 Å². The van der Waals surface area contributed by atoms with Crippen molar-refractivity contribution in [3.63, 3.8) is 0 Å². The van der Waals surface area contributed by atoms with Gasteiger partial charge in [0.2, 0.25) is 12.3 Å². The monoisotopic (exact) mass is 753 g/mol. The van der Waals surface area contributed by atoms with Crippen molar-refractivity contribution in [1.82, 2.24) is 30.2 Å². The smallest absolute Gasteiger partial charge is 0.261 e. The highest BCUT2D eigenvalue weighted by Crippen LogP contribution is 2.33. The summed E-state index contributed by atoms with van der Waals surface area (Å²) in [5, 5.41) is 15.8. The number of nitrogens with two attached hydrogens (primary N) is 2. The lowest BCUT2D eigenvalue weighted by atomic mass is 9.92. The van der Waals surface area contributed by atoms with Gasteiger partial charge in [0.1, 0.15) is 11.6 Å². The molecule has 5 aliphatic rings. The molecule has 0 aromatic heterocycles. The van der Waals surface area contributed by atoms with Crippen molar-refractivity contribution >= 4 is 35.5 Å². The Morgan fingerprint density at radius 1 is 0.945 bits per heavy atom. The normalized spacial score (nSPS) is 22.4. The number of fused-ring (bicyclic) bond motifs is 2. The first-order valence-electron chi connectivity index (χ1n) is 19.8. The van der Waals surface area contributed by atoms with E-state index < -0.39 is 11.9 Å². The largest absolute Gasteiger partial charge is 0.507 e. The SMILES string of the molecule is CC(CCC(=O)NC=O)N1C(=O)c2ccc(N3CCC(CN4CCC(CN5CCN6C(/C=C(\N)c7ccccc7O)=C(N)NCC6C5)CC4)CC3)cc2C1=O. The molecule has 3 saturated heterocycles. The quantitative estimate of drug-likeness (QED) is 0.158. The van der Waals surface area contributed by atoms with Crippen molar-refractivity contribution in [2.45, 2.75) is 57.5 Å². The third-order valence-electron chi connectivity index (χ3n) is 12.3. The third kappa shape index (κ3) is 8.45. The van der Waals surface area contributed by atoms with E-state index in [-0.39, 0.29) is 30.4 Å². The van der Waals surface area contributed by atoms with Crippen LogP contribution in [-0.4, -0.2) is 126 Å². The number of allylic oxidation sites excluding steroid dienone is 1. The zero-order chi connectivity index (χ0) is 38.6. The number of anilines is 1. The number of nitrogens with one attached hydrogen (secondary N) is 2. The van der Waals surface area contributed by atoms with Crippen LogP contribution in [0, 0.1) is 11.8 Å². The van der Waals surface area contributed by atoms with Gasteiger partial charge in [0.15, 0.2) is 0 Å². The summed E-state index contributed by atoms with van der Waals surface area (Å²) in [5.74, 6) is 1.01. The van der Waals surface area contributed by atoms with Gasteiger partial charge in [0, 0.05) is 81.8 Å². The van der Waals surface area contributed by atoms with Crippen LogP contribution < -0.4 is 27.0 Å². The molecule has 294 valence electrons. The van der Waals surface area contributed by atoms with Crippen molar-refractivity contribution in [3.8, 4) is 5.75 Å². The molecule has 2 unspecified atom stereocenters. The summed E-state index contributed by atoms with van der Waals surface area (Å²) in [7, 11) is 0. The van der Waals surface area contributed by atoms with E-state index in [1.165, 1.54) is 17.7 Å². The summed E-state index contributed by atoms with van der Waals surface area (Å²) < 4.78 is 0. The highest BCUT2D eigenvalue weighted by atomic mass is 16.3. The lowest BCUT2D eigenvalue weighted by Crippen LogP contribution is -2.60. The Labute approximate surface area is 323 Å². The Morgan fingerprint density at radius 3 is 2.36 bits per heavy atom. The molecule has 2 aromatic carbocycles. The Hall–Kier alpha value is -5.08. The van der Waals surface area contributed by atoms with Gasteiger partial charge in [-0.2, -0.15) is 0 Å². The number of hydrogen-bond acceptors (Lipinski definition) is 12. The van der Waals surface area contributed by atoms with Gasteiger partial charge in [-0.15, -0.1) is 0 Å². The van der Waals surface area contributed by atoms with Crippen molar-refractivity contribution < 1.29 is 24.3 Å². The zero-order valence-corrected chi connectivity index (χ0v) is 31.8. The van der Waals surface area contributed by atoms with Crippen LogP contribution in [-0.2, 0) is 9.59 Å². The van der Waals surface area contributed by atoms with Gasteiger partial charge < -0.3 is 36.6 Å². The molecule has 0 spiro atoms. The van der Waals surface area contributed by atoms with Crippen LogP contribution in [0.1, 0.15) is 71.7 Å². The molecule has 5 aliphatic heterocycles. The highest BCUT2D eigenvalue weighted by molar-refractivity contribution is 6.22. The predicted octanol–water partition coefficient (Wildman–Crippen LogP) is 2.07. The summed E-state index contributed by atoms with van der Waals surface area (Å²) in [6.45, 7) is 11.7. The number of amides is 4. The van der Waals surface area contributed by atoms with E-state index in [4.69, 9.17) is 11.5 Å². The van der Waals surface area contributed by atoms with Crippen LogP contribution in [0.4, 0.5) is 5.69 Å². The van der Waals surface area contributed by atoms with E-state index in [0.29, 0.717) is 52.5 Å². The first-order valence-corrected chi connectivity index (χ1v) is 19.8. The molecule has 0 radical (unpaired) electrons. The maximum absolute atomic E-state index is 13.3. The predicted molar refractivity (Wildman–Crippen MR) is 210 cm³/mol. The third-order valence-corrected chi connectivity index (χ3v) is 12.3. The number of hydrogen-bond donors (Lipinski definition) is 5. The number of imide groups is 2. The molecule has 2 atom stereocenters. The van der Waals surface area contributed by atoms with E-state index in [1.807, 2.05) is 30.3 Å². The highest BCUT2D eigenvalue weighted by Gasteiger charge is 2.39. The lowest BCUT2D eigenvalue weighted by molar-refractivity contribution is -0.125. The molecule has 7 rings (SSSR count). The minimum Gasteiger partial charge on any atom is -0.507 e. The molecule has 3 fully saturated rings. The second-order valence-corrected chi connectivity index (χ2v) is 15.9. The maximum Gasteiger partial charge on any atom is 0.261 e. The average molecular weight is 754 g/mol. The number of para-hydroxylation sites is 1. The number of carbonyl (C=O) groups is 4. The van der Waals surface area contributed by atoms with Crippen LogP contribution in [0.15, 0.2) is 60.1 Å². The molecule has 2 aromatic rings. The number of piperazine rings is 1. The van der Waals surface area contributed by atoms with E-state index in [1.54, 1.807) is 25.1 Å². The molecule has 0 bridgehead atoms. The Bertz CT molecular complexity index is 1830. The fourth-order valence-electron chi connectivity index (χ4n) is 9.06. The number of phenolic OH excluding ortho intramolecular Hbond substituents is 1. The van der Waals surface area contributed by atoms with Gasteiger partial charge in [0.25, 0.3) is 11.8 Å². The van der Waals surface area contributed by atoms with Crippen LogP contribution >= 0.6 is 0 Å². The van der Waals surface area contributed by atoms with Gasteiger partial charge in [-0.25, -0.2) is 0 Å². The van der Waals surface area contributed by atoms with Gasteiger partial charge in [-0.05, 0) is 100 Å². The number of aromatic hydroxyl groups is 1. The number of piperidine rings is 2. The fourth-order valence-corrected chi connectivity index (χ4v) is 9.06. The Morgan fingerprint density at radius 2 is 1.64 bits per heavy atom. The molecule has 14 nitrogen and oxygen atoms in total. The number of carbonyl (C=O) groups excluding carboxylic acids is 4. The summed E-state index contributed by atoms with van der Waals surface area (Å²) in [6, 6.07) is 12.5. The second-order valence-electron chi connectivity index (χ2n) is 15.9. The van der Waals surface area contributed by atoms with Crippen molar-refractivity contribution in [1.29, 1.82) is 0 Å². The lowest BCUT2D eigenvalue weighted by Gasteiger charge is -2.47. The molecule has 5 heterocycles. The molecule has 7 N–H and O–H groups in total. The van der Waals surface area contributed by atoms with Gasteiger partial charge in [0.05, 0.1) is 22.9 Å². The molecule has 0 aliphatic carbocycles. The van der Waals surface area contributed by atoms with Crippen LogP contribution in [0.25, 0.3) is 5.70 Å². The number of benzene rings is 2. The number of nitrogens with zero attached hydrogens (tertiary/aromatic N) is 5. The molecule has 0 saturated carbocycles. The molecule has 55 heavy (non-hydrogen) atoms. The van der Waals surface area contributed by atoms with E-state index in [0.717, 1.165) is 89.7 Å². The van der Waals surface area contributed by atoms with E-state index in [9.17, 15) is 24.3 Å². The fraction of sp³-hybridized carbons (Fsp3) is 0.512. The zero-order valence-electron chi connectivity index (χ0n) is 31.8. The van der Waals surface area contributed by atoms with Crippen molar-refractivity contribution in [2.24, 2.45) is 23.3 Å². The van der Waals surface area contributed by atoms with Crippen LogP contribution in [0.5, 0.6) is 5.75 Å². The Kier molecular flexibility index (Phi) is 11.6. The average Bonchev–Trinajstić information content (AvgIpc) is 3.44. The van der Waals surface area contributed by atoms with Crippen molar-refractivity contribution in [2.75, 3.05) is 70.3 Å². The van der Waals surface area contributed by atoms with Crippen molar-refractivity contribution in [3.05, 3.63) is 76.7 Å². The standard InChI is InChI=1S/C41H55N9O5/c1-27(6-9-38(53)45-26-51)50-40(54)32-8-7-30(20-34(32)41(50)55)48-16-12-29(13-17-48)23-46-14-10-28(11-15-46)24-47-18-19-49-31(25-47)22-44-39(43)36(49)21-35(42)33-4-2-3-5-37(33)52/h2-5,7-8,20-21,26-29,31,44,52H,6,9-19,22-25,42-43H2,1H3,(H,45,51,53)/b35-21-. The number of rotatable bonds is 12. The molecular weight excluding hydrogens is 699 g/mol. The molecule has 4 amide bonds. The summed E-state index contributed by atoms with van der Waals surface area (Å²) in [4.78, 5) is 59.9. The van der Waals surface area contributed by atoms with Crippen LogP contribution in [0.3, 0.4) is 0 Å². The summed E-state index contributed by atoms with van der Waals surface area (Å²) in [6.07, 6.45) is 7.16. The minimum atomic E-state index is -0.461. The second kappa shape index (κ2) is 16.7. The van der Waals surface area contributed by atoms with Gasteiger partial charge >= 0.3 is 0 Å². The Balaban J connectivity index is 0.841. The van der Waals surface area contributed by atoms with E-state index >= 15 is 0 Å². The number of phenols is 1. The number of likely N-dealkylation sites (tertiary alicyclic amines) is 1. The molecule has 14 heteroatoms. The van der Waals surface area contributed by atoms with E-state index in [2.05, 4.69) is 30.2 Å². The summed E-state index contributed by atoms with van der Waals surface area (Å²) in [5.41, 5.74) is 16.6. The van der Waals surface area contributed by atoms with Crippen LogP contribution in [0.2, 0.25) is 0 Å². The topological polar surface area (TPSA) is 181 Å². The molecular formula is C41H55N9O5. The first-order chi connectivity index (χ1) is 26.6. The van der Waals surface area contributed by atoms with Gasteiger partial charge in [-0.3, -0.25) is 34.3 Å². The summed E-state index contributed by atoms with van der Waals surface area (Å²) >= 11 is 0. The maximum atomic E-state index is 13.3.